The van der Waals surface area contributed by atoms with Crippen molar-refractivity contribution in [2.24, 2.45) is 0 Å². The number of hydrogen-bond acceptors (Lipinski definition) is 4. The van der Waals surface area contributed by atoms with Crippen molar-refractivity contribution in [3.63, 3.8) is 0 Å². The molecule has 1 heterocycles. The summed E-state index contributed by atoms with van der Waals surface area (Å²) in [7, 11) is 0. The molecule has 4 heteroatoms. The number of aromatic nitrogens is 2. The number of nitrogens with zero attached hydrogens (tertiary/aromatic N) is 2. The largest absolute Gasteiger partial charge is 0.396 e. The highest BCUT2D eigenvalue weighted by molar-refractivity contribution is 5.32. The lowest BCUT2D eigenvalue weighted by Gasteiger charge is -2.03. The molecule has 0 bridgehead atoms. The lowest BCUT2D eigenvalue weighted by molar-refractivity contribution is 0.286. The molecule has 0 aliphatic rings. The fraction of sp³-hybridized carbons (Fsp3) is 0.556. The first-order valence-electron chi connectivity index (χ1n) is 4.48. The van der Waals surface area contributed by atoms with Crippen molar-refractivity contribution < 1.29 is 5.11 Å². The number of unbranched alkanes of at least 4 members (excludes halogenated alkanes) is 1. The Labute approximate surface area is 78.0 Å². The third-order valence-corrected chi connectivity index (χ3v) is 1.69. The number of hydrogen-bond donors (Lipinski definition) is 2. The summed E-state index contributed by atoms with van der Waals surface area (Å²) in [5.74, 6) is 0.795. The van der Waals surface area contributed by atoms with Crippen LogP contribution in [0.3, 0.4) is 0 Å². The molecule has 1 aromatic rings. The van der Waals surface area contributed by atoms with Crippen LogP contribution in [0.2, 0.25) is 0 Å². The summed E-state index contributed by atoms with van der Waals surface area (Å²) in [6.45, 7) is 2.99. The second-order valence-electron chi connectivity index (χ2n) is 2.92. The Morgan fingerprint density at radius 1 is 1.31 bits per heavy atom. The minimum atomic E-state index is 0.251. The summed E-state index contributed by atoms with van der Waals surface area (Å²) >= 11 is 0. The Bertz CT molecular complexity index is 235. The SMILES string of the molecule is Cc1ccc(NCCCCO)nn1. The van der Waals surface area contributed by atoms with Crippen LogP contribution in [-0.4, -0.2) is 28.5 Å². The van der Waals surface area contributed by atoms with Crippen molar-refractivity contribution in [3.05, 3.63) is 17.8 Å². The third-order valence-electron chi connectivity index (χ3n) is 1.69. The Kier molecular flexibility index (Phi) is 4.18. The molecular formula is C9H15N3O. The smallest absolute Gasteiger partial charge is 0.148 e. The molecule has 0 saturated carbocycles. The molecule has 0 radical (unpaired) electrons. The maximum atomic E-state index is 8.54. The second kappa shape index (κ2) is 5.48. The van der Waals surface area contributed by atoms with Crippen LogP contribution < -0.4 is 5.32 Å². The normalized spacial score (nSPS) is 10.0. The number of rotatable bonds is 5. The van der Waals surface area contributed by atoms with Gasteiger partial charge in [-0.25, -0.2) is 0 Å². The van der Waals surface area contributed by atoms with E-state index < -0.39 is 0 Å². The molecule has 13 heavy (non-hydrogen) atoms. The van der Waals surface area contributed by atoms with E-state index in [1.807, 2.05) is 19.1 Å². The molecule has 0 saturated heterocycles. The molecule has 72 valence electrons. The average molecular weight is 181 g/mol. The van der Waals surface area contributed by atoms with Gasteiger partial charge >= 0.3 is 0 Å². The van der Waals surface area contributed by atoms with Gasteiger partial charge in [0.2, 0.25) is 0 Å². The minimum absolute atomic E-state index is 0.251. The van der Waals surface area contributed by atoms with Gasteiger partial charge in [-0.2, -0.15) is 5.10 Å². The maximum absolute atomic E-state index is 8.54. The summed E-state index contributed by atoms with van der Waals surface area (Å²) in [5, 5.41) is 19.5. The quantitative estimate of drug-likeness (QED) is 0.664. The summed E-state index contributed by atoms with van der Waals surface area (Å²) in [6.07, 6.45) is 1.78. The van der Waals surface area contributed by atoms with Crippen molar-refractivity contribution in [1.82, 2.24) is 10.2 Å². The van der Waals surface area contributed by atoms with E-state index in [1.54, 1.807) is 0 Å². The predicted octanol–water partition coefficient (Wildman–Crippen LogP) is 0.969. The predicted molar refractivity (Wildman–Crippen MR) is 51.6 cm³/mol. The van der Waals surface area contributed by atoms with Gasteiger partial charge in [0.25, 0.3) is 0 Å². The van der Waals surface area contributed by atoms with E-state index in [-0.39, 0.29) is 6.61 Å². The van der Waals surface area contributed by atoms with E-state index in [1.165, 1.54) is 0 Å². The molecule has 4 nitrogen and oxygen atoms in total. The van der Waals surface area contributed by atoms with E-state index in [9.17, 15) is 0 Å². The molecule has 0 aliphatic heterocycles. The Hall–Kier alpha value is -1.16. The first-order chi connectivity index (χ1) is 6.33. The van der Waals surface area contributed by atoms with Gasteiger partial charge in [0, 0.05) is 13.2 Å². The Morgan fingerprint density at radius 3 is 2.77 bits per heavy atom. The lowest BCUT2D eigenvalue weighted by atomic mass is 10.3. The number of nitrogens with one attached hydrogen (secondary N) is 1. The van der Waals surface area contributed by atoms with E-state index in [0.717, 1.165) is 30.9 Å². The van der Waals surface area contributed by atoms with Crippen molar-refractivity contribution in [2.45, 2.75) is 19.8 Å². The standard InChI is InChI=1S/C9H15N3O/c1-8-4-5-9(12-11-8)10-6-2-3-7-13/h4-5,13H,2-3,6-7H2,1H3,(H,10,12). The Balaban J connectivity index is 2.25. The average Bonchev–Trinajstić information content (AvgIpc) is 2.15. The number of aliphatic hydroxyl groups excluding tert-OH is 1. The first kappa shape index (κ1) is 9.92. The van der Waals surface area contributed by atoms with Crippen LogP contribution in [0.25, 0.3) is 0 Å². The van der Waals surface area contributed by atoms with Crippen LogP contribution in [0.15, 0.2) is 12.1 Å². The van der Waals surface area contributed by atoms with Gasteiger partial charge in [0.1, 0.15) is 5.82 Å². The second-order valence-corrected chi connectivity index (χ2v) is 2.92. The topological polar surface area (TPSA) is 58.0 Å². The monoisotopic (exact) mass is 181 g/mol. The van der Waals surface area contributed by atoms with Crippen LogP contribution in [0, 0.1) is 6.92 Å². The fourth-order valence-electron chi connectivity index (χ4n) is 0.946. The van der Waals surface area contributed by atoms with Crippen molar-refractivity contribution in [2.75, 3.05) is 18.5 Å². The molecule has 0 unspecified atom stereocenters. The van der Waals surface area contributed by atoms with Gasteiger partial charge in [-0.1, -0.05) is 0 Å². The number of aryl methyl sites for hydroxylation is 1. The van der Waals surface area contributed by atoms with E-state index in [4.69, 9.17) is 5.11 Å². The molecule has 0 aromatic carbocycles. The van der Waals surface area contributed by atoms with Gasteiger partial charge in [-0.05, 0) is 31.9 Å². The van der Waals surface area contributed by atoms with Crippen LogP contribution in [-0.2, 0) is 0 Å². The van der Waals surface area contributed by atoms with E-state index in [0.29, 0.717) is 0 Å². The minimum Gasteiger partial charge on any atom is -0.396 e. The maximum Gasteiger partial charge on any atom is 0.148 e. The molecule has 0 fully saturated rings. The molecule has 0 spiro atoms. The molecule has 0 atom stereocenters. The summed E-state index contributed by atoms with van der Waals surface area (Å²) in [6, 6.07) is 3.82. The highest BCUT2D eigenvalue weighted by atomic mass is 16.2. The van der Waals surface area contributed by atoms with Gasteiger partial charge in [-0.15, -0.1) is 5.10 Å². The fourth-order valence-corrected chi connectivity index (χ4v) is 0.946. The third kappa shape index (κ3) is 3.85. The van der Waals surface area contributed by atoms with Crippen molar-refractivity contribution in [3.8, 4) is 0 Å². The van der Waals surface area contributed by atoms with E-state index >= 15 is 0 Å². The lowest BCUT2D eigenvalue weighted by Crippen LogP contribution is -2.04. The zero-order valence-electron chi connectivity index (χ0n) is 7.82. The van der Waals surface area contributed by atoms with Crippen LogP contribution in [0.1, 0.15) is 18.5 Å². The zero-order chi connectivity index (χ0) is 9.52. The van der Waals surface area contributed by atoms with Gasteiger partial charge < -0.3 is 10.4 Å². The molecule has 0 aliphatic carbocycles. The highest BCUT2D eigenvalue weighted by Gasteiger charge is 1.92. The van der Waals surface area contributed by atoms with Crippen LogP contribution in [0.4, 0.5) is 5.82 Å². The number of anilines is 1. The molecule has 2 N–H and O–H groups in total. The summed E-state index contributed by atoms with van der Waals surface area (Å²) < 4.78 is 0. The van der Waals surface area contributed by atoms with E-state index in [2.05, 4.69) is 15.5 Å². The molecular weight excluding hydrogens is 166 g/mol. The Morgan fingerprint density at radius 2 is 2.15 bits per heavy atom. The molecule has 0 amide bonds. The van der Waals surface area contributed by atoms with Gasteiger partial charge in [0.15, 0.2) is 0 Å². The van der Waals surface area contributed by atoms with Gasteiger partial charge in [-0.3, -0.25) is 0 Å². The van der Waals surface area contributed by atoms with Crippen molar-refractivity contribution >= 4 is 5.82 Å². The number of aliphatic hydroxyl groups is 1. The molecule has 1 aromatic heterocycles. The first-order valence-corrected chi connectivity index (χ1v) is 4.48. The van der Waals surface area contributed by atoms with Gasteiger partial charge in [0.05, 0.1) is 5.69 Å². The van der Waals surface area contributed by atoms with Crippen molar-refractivity contribution in [1.29, 1.82) is 0 Å². The summed E-state index contributed by atoms with van der Waals surface area (Å²) in [5.41, 5.74) is 0.918. The summed E-state index contributed by atoms with van der Waals surface area (Å²) in [4.78, 5) is 0. The van der Waals surface area contributed by atoms with Crippen LogP contribution >= 0.6 is 0 Å². The van der Waals surface area contributed by atoms with Crippen LogP contribution in [0.5, 0.6) is 0 Å². The highest BCUT2D eigenvalue weighted by Crippen LogP contribution is 2.00. The zero-order valence-corrected chi connectivity index (χ0v) is 7.82. The molecule has 1 rings (SSSR count).